The summed E-state index contributed by atoms with van der Waals surface area (Å²) in [6.07, 6.45) is 0. The molecule has 2 rings (SSSR count). The second kappa shape index (κ2) is 5.88. The minimum atomic E-state index is -0.380. The third-order valence-corrected chi connectivity index (χ3v) is 5.24. The molecule has 0 heterocycles. The van der Waals surface area contributed by atoms with Crippen LogP contribution in [0.25, 0.3) is 11.1 Å². The van der Waals surface area contributed by atoms with Gasteiger partial charge >= 0.3 is 0 Å². The van der Waals surface area contributed by atoms with E-state index in [9.17, 15) is 10.2 Å². The maximum atomic E-state index is 10.1. The number of phenolic OH excluding ortho intramolecular Hbond substituents is 2. The van der Waals surface area contributed by atoms with Crippen LogP contribution in [0.4, 0.5) is 0 Å². The highest BCUT2D eigenvalue weighted by Gasteiger charge is 2.24. The van der Waals surface area contributed by atoms with Gasteiger partial charge in [0.1, 0.15) is 21.5 Å². The van der Waals surface area contributed by atoms with Gasteiger partial charge in [0, 0.05) is 11.1 Å². The second-order valence-corrected chi connectivity index (χ2v) is 6.01. The van der Waals surface area contributed by atoms with Crippen LogP contribution in [0.5, 0.6) is 11.5 Å². The lowest BCUT2D eigenvalue weighted by Crippen LogP contribution is -1.88. The molecule has 0 radical (unpaired) electrons. The lowest BCUT2D eigenvalue weighted by molar-refractivity contribution is 0.474. The molecule has 0 saturated carbocycles. The molecule has 2 aromatic carbocycles. The quantitative estimate of drug-likeness (QED) is 0.419. The molecule has 0 aromatic heterocycles. The molecule has 0 fully saturated rings. The lowest BCUT2D eigenvalue weighted by atomic mass is 10.0. The van der Waals surface area contributed by atoms with Gasteiger partial charge in [0.25, 0.3) is 0 Å². The van der Waals surface area contributed by atoms with Crippen molar-refractivity contribution in [3.8, 4) is 22.6 Å². The summed E-state index contributed by atoms with van der Waals surface area (Å²) in [5.41, 5.74) is 0.343. The first-order valence-electron chi connectivity index (χ1n) is 4.99. The number of phenols is 2. The standard InChI is InChI=1S/C12H4Cl6O2/c13-6-3(1-2-4(19)7(6)14)5-8(15)9(16)10(17)11(18)12(5)20/h1-2,19-20H. The van der Waals surface area contributed by atoms with Crippen LogP contribution in [-0.4, -0.2) is 10.2 Å². The van der Waals surface area contributed by atoms with Crippen LogP contribution in [-0.2, 0) is 0 Å². The molecule has 0 atom stereocenters. The van der Waals surface area contributed by atoms with Crippen LogP contribution in [0.3, 0.4) is 0 Å². The van der Waals surface area contributed by atoms with Gasteiger partial charge in [-0.25, -0.2) is 0 Å². The monoisotopic (exact) mass is 390 g/mol. The van der Waals surface area contributed by atoms with Crippen LogP contribution < -0.4 is 0 Å². The smallest absolute Gasteiger partial charge is 0.145 e. The molecular formula is C12H4Cl6O2. The van der Waals surface area contributed by atoms with Gasteiger partial charge < -0.3 is 10.2 Å². The van der Waals surface area contributed by atoms with E-state index in [2.05, 4.69) is 0 Å². The summed E-state index contributed by atoms with van der Waals surface area (Å²) >= 11 is 35.6. The van der Waals surface area contributed by atoms with Crippen LogP contribution in [0.1, 0.15) is 0 Å². The van der Waals surface area contributed by atoms with Crippen LogP contribution in [0.15, 0.2) is 12.1 Å². The molecule has 0 aliphatic rings. The Labute approximate surface area is 144 Å². The van der Waals surface area contributed by atoms with E-state index in [1.807, 2.05) is 0 Å². The minimum absolute atomic E-state index is 0.00155. The molecule has 0 saturated heterocycles. The molecule has 8 heteroatoms. The van der Waals surface area contributed by atoms with E-state index in [1.165, 1.54) is 12.1 Å². The Bertz CT molecular complexity index is 685. The highest BCUT2D eigenvalue weighted by atomic mass is 35.5. The van der Waals surface area contributed by atoms with Gasteiger partial charge in [-0.05, 0) is 12.1 Å². The van der Waals surface area contributed by atoms with Gasteiger partial charge in [-0.1, -0.05) is 69.6 Å². The van der Waals surface area contributed by atoms with Crippen molar-refractivity contribution in [3.05, 3.63) is 42.3 Å². The number of benzene rings is 2. The highest BCUT2D eigenvalue weighted by Crippen LogP contribution is 2.52. The number of aromatic hydroxyl groups is 2. The first-order chi connectivity index (χ1) is 9.27. The highest BCUT2D eigenvalue weighted by molar-refractivity contribution is 6.54. The predicted molar refractivity (Wildman–Crippen MR) is 85.3 cm³/mol. The summed E-state index contributed by atoms with van der Waals surface area (Å²) in [7, 11) is 0. The molecule has 0 aliphatic heterocycles. The van der Waals surface area contributed by atoms with Gasteiger partial charge in [0.05, 0.1) is 20.1 Å². The molecule has 2 N–H and O–H groups in total. The molecule has 106 valence electrons. The maximum absolute atomic E-state index is 10.1. The minimum Gasteiger partial charge on any atom is -0.506 e. The first kappa shape index (κ1) is 16.2. The fourth-order valence-electron chi connectivity index (χ4n) is 1.60. The Balaban J connectivity index is 2.87. The van der Waals surface area contributed by atoms with E-state index < -0.39 is 0 Å². The summed E-state index contributed by atoms with van der Waals surface area (Å²) in [5, 5.41) is 19.2. The van der Waals surface area contributed by atoms with Crippen molar-refractivity contribution in [2.24, 2.45) is 0 Å². The second-order valence-electron chi connectivity index (χ2n) is 3.74. The van der Waals surface area contributed by atoms with Gasteiger partial charge in [-0.3, -0.25) is 0 Å². The summed E-state index contributed by atoms with van der Waals surface area (Å²) in [6.45, 7) is 0. The Morgan fingerprint density at radius 1 is 0.600 bits per heavy atom. The largest absolute Gasteiger partial charge is 0.506 e. The van der Waals surface area contributed by atoms with E-state index in [0.717, 1.165) is 0 Å². The van der Waals surface area contributed by atoms with Gasteiger partial charge in [0.2, 0.25) is 0 Å². The SMILES string of the molecule is Oc1ccc(-c2c(O)c(Cl)c(Cl)c(Cl)c2Cl)c(Cl)c1Cl. The van der Waals surface area contributed by atoms with E-state index in [-0.39, 0.29) is 52.8 Å². The van der Waals surface area contributed by atoms with E-state index in [1.54, 1.807) is 0 Å². The van der Waals surface area contributed by atoms with Crippen LogP contribution in [0.2, 0.25) is 30.1 Å². The van der Waals surface area contributed by atoms with Crippen molar-refractivity contribution in [1.29, 1.82) is 0 Å². The third kappa shape index (κ3) is 2.50. The zero-order valence-electron chi connectivity index (χ0n) is 9.32. The van der Waals surface area contributed by atoms with Crippen molar-refractivity contribution < 1.29 is 10.2 Å². The van der Waals surface area contributed by atoms with Crippen LogP contribution >= 0.6 is 69.6 Å². The van der Waals surface area contributed by atoms with Crippen LogP contribution in [0, 0.1) is 0 Å². The fourth-order valence-corrected chi connectivity index (χ4v) is 2.96. The number of hydrogen-bond donors (Lipinski definition) is 2. The van der Waals surface area contributed by atoms with Crippen molar-refractivity contribution in [2.75, 3.05) is 0 Å². The normalized spacial score (nSPS) is 10.9. The molecule has 0 spiro atoms. The maximum Gasteiger partial charge on any atom is 0.145 e. The molecule has 0 bridgehead atoms. The van der Waals surface area contributed by atoms with Gasteiger partial charge in [-0.2, -0.15) is 0 Å². The average molecular weight is 393 g/mol. The number of rotatable bonds is 1. The van der Waals surface area contributed by atoms with Gasteiger partial charge in [0.15, 0.2) is 0 Å². The van der Waals surface area contributed by atoms with Crippen molar-refractivity contribution in [3.63, 3.8) is 0 Å². The van der Waals surface area contributed by atoms with Crippen molar-refractivity contribution in [2.45, 2.75) is 0 Å². The Morgan fingerprint density at radius 2 is 1.15 bits per heavy atom. The number of halogens is 6. The Hall–Kier alpha value is -0.220. The van der Waals surface area contributed by atoms with E-state index in [0.29, 0.717) is 0 Å². The molecule has 2 nitrogen and oxygen atoms in total. The average Bonchev–Trinajstić information content (AvgIpc) is 2.43. The number of hydrogen-bond acceptors (Lipinski definition) is 2. The lowest BCUT2D eigenvalue weighted by Gasteiger charge is -2.14. The fraction of sp³-hybridized carbons (Fsp3) is 0. The summed E-state index contributed by atoms with van der Waals surface area (Å²) in [4.78, 5) is 0. The molecular weight excluding hydrogens is 389 g/mol. The topological polar surface area (TPSA) is 40.5 Å². The Morgan fingerprint density at radius 3 is 1.75 bits per heavy atom. The zero-order valence-corrected chi connectivity index (χ0v) is 13.9. The molecule has 20 heavy (non-hydrogen) atoms. The summed E-state index contributed by atoms with van der Waals surface area (Å²) in [5.74, 6) is -0.586. The molecule has 2 aromatic rings. The molecule has 0 amide bonds. The summed E-state index contributed by atoms with van der Waals surface area (Å²) in [6, 6.07) is 2.72. The van der Waals surface area contributed by atoms with Crippen molar-refractivity contribution >= 4 is 69.6 Å². The van der Waals surface area contributed by atoms with Crippen molar-refractivity contribution in [1.82, 2.24) is 0 Å². The van der Waals surface area contributed by atoms with E-state index >= 15 is 0 Å². The van der Waals surface area contributed by atoms with E-state index in [4.69, 9.17) is 69.6 Å². The third-order valence-electron chi connectivity index (χ3n) is 2.57. The predicted octanol–water partition coefficient (Wildman–Crippen LogP) is 6.69. The molecule has 0 aliphatic carbocycles. The zero-order chi connectivity index (χ0) is 15.2. The summed E-state index contributed by atoms with van der Waals surface area (Å²) < 4.78 is 0. The Kier molecular flexibility index (Phi) is 4.75. The molecule has 0 unspecified atom stereocenters. The van der Waals surface area contributed by atoms with Gasteiger partial charge in [-0.15, -0.1) is 0 Å². The first-order valence-corrected chi connectivity index (χ1v) is 7.26.